The van der Waals surface area contributed by atoms with Gasteiger partial charge in [0.25, 0.3) is 0 Å². The molecule has 102 valence electrons. The Bertz CT molecular complexity index is 669. The third-order valence-electron chi connectivity index (χ3n) is 3.54. The smallest absolute Gasteiger partial charge is 0.231 e. The molecule has 0 fully saturated rings. The van der Waals surface area contributed by atoms with E-state index in [4.69, 9.17) is 5.73 Å². The van der Waals surface area contributed by atoms with Crippen molar-refractivity contribution >= 4 is 33.2 Å². The molecule has 2 aromatic rings. The van der Waals surface area contributed by atoms with Crippen LogP contribution in [-0.4, -0.2) is 12.5 Å². The molecule has 0 saturated heterocycles. The molecule has 2 aromatic carbocycles. The quantitative estimate of drug-likeness (QED) is 0.859. The molecule has 0 aromatic heterocycles. The Morgan fingerprint density at radius 3 is 2.90 bits per heavy atom. The van der Waals surface area contributed by atoms with Crippen LogP contribution in [0.3, 0.4) is 0 Å². The van der Waals surface area contributed by atoms with Crippen LogP contribution in [0.4, 0.5) is 11.4 Å². The van der Waals surface area contributed by atoms with Crippen molar-refractivity contribution < 1.29 is 4.79 Å². The highest BCUT2D eigenvalue weighted by Crippen LogP contribution is 2.30. The van der Waals surface area contributed by atoms with Gasteiger partial charge in [-0.3, -0.25) is 4.79 Å². The number of halogens is 1. The summed E-state index contributed by atoms with van der Waals surface area (Å²) in [6.45, 7) is 0.742. The second kappa shape index (κ2) is 5.29. The second-order valence-electron chi connectivity index (χ2n) is 4.99. The molecular formula is C16H15BrN2O. The van der Waals surface area contributed by atoms with Crippen molar-refractivity contribution in [3.05, 3.63) is 58.1 Å². The molecule has 1 amide bonds. The van der Waals surface area contributed by atoms with Gasteiger partial charge in [-0.1, -0.05) is 28.1 Å². The molecule has 1 heterocycles. The van der Waals surface area contributed by atoms with E-state index in [9.17, 15) is 4.79 Å². The molecule has 0 aliphatic carbocycles. The number of amides is 1. The molecule has 3 nitrogen and oxygen atoms in total. The van der Waals surface area contributed by atoms with Gasteiger partial charge in [-0.2, -0.15) is 0 Å². The predicted octanol–water partition coefficient (Wildman–Crippen LogP) is 3.16. The number of rotatable bonds is 2. The summed E-state index contributed by atoms with van der Waals surface area (Å²) in [5.41, 5.74) is 9.72. The first-order valence-corrected chi connectivity index (χ1v) is 7.36. The summed E-state index contributed by atoms with van der Waals surface area (Å²) in [6.07, 6.45) is 1.30. The summed E-state index contributed by atoms with van der Waals surface area (Å²) in [6, 6.07) is 13.6. The summed E-state index contributed by atoms with van der Waals surface area (Å²) < 4.78 is 0.998. The molecule has 1 aliphatic rings. The standard InChI is InChI=1S/C16H15BrN2O/c17-13-3-1-2-11(8-13)9-16(20)19-7-6-12-10-14(18)4-5-15(12)19/h1-5,8,10H,6-7,9,18H2. The van der Waals surface area contributed by atoms with E-state index in [2.05, 4.69) is 15.9 Å². The molecule has 0 spiro atoms. The number of anilines is 2. The van der Waals surface area contributed by atoms with Gasteiger partial charge in [0.05, 0.1) is 6.42 Å². The maximum atomic E-state index is 12.5. The third kappa shape index (κ3) is 2.56. The largest absolute Gasteiger partial charge is 0.399 e. The molecule has 0 saturated carbocycles. The average molecular weight is 331 g/mol. The molecule has 2 N–H and O–H groups in total. The number of nitrogen functional groups attached to an aromatic ring is 1. The molecule has 0 bridgehead atoms. The second-order valence-corrected chi connectivity index (χ2v) is 5.91. The molecule has 3 rings (SSSR count). The Morgan fingerprint density at radius 2 is 2.10 bits per heavy atom. The van der Waals surface area contributed by atoms with Crippen molar-refractivity contribution in [2.75, 3.05) is 17.2 Å². The van der Waals surface area contributed by atoms with Crippen LogP contribution in [0.15, 0.2) is 46.9 Å². The van der Waals surface area contributed by atoms with Crippen molar-refractivity contribution in [1.29, 1.82) is 0 Å². The number of hydrogen-bond acceptors (Lipinski definition) is 2. The number of hydrogen-bond donors (Lipinski definition) is 1. The third-order valence-corrected chi connectivity index (χ3v) is 4.04. The normalized spacial score (nSPS) is 13.3. The van der Waals surface area contributed by atoms with E-state index in [1.165, 1.54) is 0 Å². The van der Waals surface area contributed by atoms with Crippen LogP contribution in [0.1, 0.15) is 11.1 Å². The van der Waals surface area contributed by atoms with E-state index in [1.807, 2.05) is 47.4 Å². The Morgan fingerprint density at radius 1 is 1.25 bits per heavy atom. The maximum absolute atomic E-state index is 12.5. The minimum absolute atomic E-state index is 0.131. The van der Waals surface area contributed by atoms with Gasteiger partial charge < -0.3 is 10.6 Å². The van der Waals surface area contributed by atoms with Gasteiger partial charge in [0.2, 0.25) is 5.91 Å². The highest BCUT2D eigenvalue weighted by molar-refractivity contribution is 9.10. The number of carbonyl (C=O) groups is 1. The van der Waals surface area contributed by atoms with Gasteiger partial charge in [-0.25, -0.2) is 0 Å². The van der Waals surface area contributed by atoms with Gasteiger partial charge in [0, 0.05) is 22.4 Å². The zero-order valence-electron chi connectivity index (χ0n) is 11.0. The SMILES string of the molecule is Nc1ccc2c(c1)CCN2C(=O)Cc1cccc(Br)c1. The molecule has 0 unspecified atom stereocenters. The Balaban J connectivity index is 1.80. The van der Waals surface area contributed by atoms with Crippen molar-refractivity contribution in [3.8, 4) is 0 Å². The Kier molecular flexibility index (Phi) is 3.49. The molecular weight excluding hydrogens is 316 g/mol. The summed E-state index contributed by atoms with van der Waals surface area (Å²) in [7, 11) is 0. The lowest BCUT2D eigenvalue weighted by Crippen LogP contribution is -2.30. The van der Waals surface area contributed by atoms with E-state index in [1.54, 1.807) is 0 Å². The van der Waals surface area contributed by atoms with Crippen molar-refractivity contribution in [1.82, 2.24) is 0 Å². The lowest BCUT2D eigenvalue weighted by atomic mass is 10.1. The van der Waals surface area contributed by atoms with E-state index >= 15 is 0 Å². The van der Waals surface area contributed by atoms with Crippen LogP contribution >= 0.6 is 15.9 Å². The van der Waals surface area contributed by atoms with Crippen LogP contribution in [0, 0.1) is 0 Å². The van der Waals surface area contributed by atoms with Crippen LogP contribution in [-0.2, 0) is 17.6 Å². The average Bonchev–Trinajstić information content (AvgIpc) is 2.81. The topological polar surface area (TPSA) is 46.3 Å². The van der Waals surface area contributed by atoms with Crippen LogP contribution in [0.25, 0.3) is 0 Å². The van der Waals surface area contributed by atoms with Crippen LogP contribution in [0.5, 0.6) is 0 Å². The number of nitrogens with two attached hydrogens (primary N) is 1. The predicted molar refractivity (Wildman–Crippen MR) is 84.8 cm³/mol. The summed E-state index contributed by atoms with van der Waals surface area (Å²) >= 11 is 3.43. The number of nitrogens with zero attached hydrogens (tertiary/aromatic N) is 1. The van der Waals surface area contributed by atoms with E-state index in [0.29, 0.717) is 6.42 Å². The van der Waals surface area contributed by atoms with Gasteiger partial charge >= 0.3 is 0 Å². The fourth-order valence-electron chi connectivity index (χ4n) is 2.60. The number of benzene rings is 2. The van der Waals surface area contributed by atoms with Gasteiger partial charge in [0.1, 0.15) is 0 Å². The first kappa shape index (κ1) is 13.2. The number of carbonyl (C=O) groups excluding carboxylic acids is 1. The fraction of sp³-hybridized carbons (Fsp3) is 0.188. The van der Waals surface area contributed by atoms with Crippen molar-refractivity contribution in [2.45, 2.75) is 12.8 Å². The first-order valence-electron chi connectivity index (χ1n) is 6.57. The van der Waals surface area contributed by atoms with E-state index < -0.39 is 0 Å². The van der Waals surface area contributed by atoms with E-state index in [-0.39, 0.29) is 5.91 Å². The minimum Gasteiger partial charge on any atom is -0.399 e. The van der Waals surface area contributed by atoms with Gasteiger partial charge in [-0.15, -0.1) is 0 Å². The molecule has 0 atom stereocenters. The summed E-state index contributed by atoms with van der Waals surface area (Å²) in [5, 5.41) is 0. The Hall–Kier alpha value is -1.81. The van der Waals surface area contributed by atoms with Gasteiger partial charge in [-0.05, 0) is 47.9 Å². The first-order chi connectivity index (χ1) is 9.63. The lowest BCUT2D eigenvalue weighted by molar-refractivity contribution is -0.117. The zero-order chi connectivity index (χ0) is 14.1. The summed E-state index contributed by atoms with van der Waals surface area (Å²) in [4.78, 5) is 14.3. The van der Waals surface area contributed by atoms with Crippen molar-refractivity contribution in [2.24, 2.45) is 0 Å². The molecule has 4 heteroatoms. The highest BCUT2D eigenvalue weighted by atomic mass is 79.9. The minimum atomic E-state index is 0.131. The lowest BCUT2D eigenvalue weighted by Gasteiger charge is -2.17. The highest BCUT2D eigenvalue weighted by Gasteiger charge is 2.24. The monoisotopic (exact) mass is 330 g/mol. The molecule has 1 aliphatic heterocycles. The van der Waals surface area contributed by atoms with E-state index in [0.717, 1.165) is 39.9 Å². The fourth-order valence-corrected chi connectivity index (χ4v) is 3.04. The molecule has 20 heavy (non-hydrogen) atoms. The van der Waals surface area contributed by atoms with Crippen molar-refractivity contribution in [3.63, 3.8) is 0 Å². The van der Waals surface area contributed by atoms with Crippen LogP contribution < -0.4 is 10.6 Å². The molecule has 0 radical (unpaired) electrons. The zero-order valence-corrected chi connectivity index (χ0v) is 12.6. The number of fused-ring (bicyclic) bond motifs is 1. The maximum Gasteiger partial charge on any atom is 0.231 e. The van der Waals surface area contributed by atoms with Crippen LogP contribution in [0.2, 0.25) is 0 Å². The Labute approximate surface area is 126 Å². The van der Waals surface area contributed by atoms with Gasteiger partial charge in [0.15, 0.2) is 0 Å². The summed E-state index contributed by atoms with van der Waals surface area (Å²) in [5.74, 6) is 0.131.